The summed E-state index contributed by atoms with van der Waals surface area (Å²) in [5, 5.41) is 25.3. The quantitative estimate of drug-likeness (QED) is 0.318. The molecule has 0 fully saturated rings. The summed E-state index contributed by atoms with van der Waals surface area (Å²) in [7, 11) is 0. The van der Waals surface area contributed by atoms with Gasteiger partial charge in [0.1, 0.15) is 11.9 Å². The monoisotopic (exact) mass is 325 g/mol. The van der Waals surface area contributed by atoms with Gasteiger partial charge in [-0.05, 0) is 34.6 Å². The maximum absolute atomic E-state index is 12.4. The molecule has 23 heavy (non-hydrogen) atoms. The number of benzene rings is 1. The van der Waals surface area contributed by atoms with Crippen LogP contribution in [0.1, 0.15) is 10.6 Å². The Morgan fingerprint density at radius 3 is 2.78 bits per heavy atom. The minimum atomic E-state index is -0.501. The molecule has 3 aromatic rings. The van der Waals surface area contributed by atoms with Gasteiger partial charge in [-0.15, -0.1) is 11.3 Å². The van der Waals surface area contributed by atoms with Crippen molar-refractivity contribution < 1.29 is 9.65 Å². The second kappa shape index (κ2) is 6.37. The molecule has 3 rings (SSSR count). The minimum Gasteiger partial charge on any atom is -0.710 e. The fourth-order valence-electron chi connectivity index (χ4n) is 2.05. The molecule has 1 aromatic carbocycles. The Kier molecular flexibility index (Phi) is 4.11. The highest BCUT2D eigenvalue weighted by Crippen LogP contribution is 2.20. The van der Waals surface area contributed by atoms with Crippen LogP contribution in [-0.2, 0) is 0 Å². The van der Waals surface area contributed by atoms with E-state index in [-0.39, 0.29) is 11.5 Å². The molecule has 0 radical (unpaired) electrons. The van der Waals surface area contributed by atoms with Crippen molar-refractivity contribution in [1.82, 2.24) is 4.98 Å². The fraction of sp³-hybridized carbons (Fsp3) is 0. The molecule has 0 aliphatic carbocycles. The van der Waals surface area contributed by atoms with Crippen LogP contribution in [0.3, 0.4) is 0 Å². The molecule has 0 aliphatic rings. The lowest BCUT2D eigenvalue weighted by Crippen LogP contribution is -2.33. The predicted molar refractivity (Wildman–Crippen MR) is 88.5 cm³/mol. The Labute approximate surface area is 135 Å². The molecule has 0 saturated heterocycles. The topological polar surface area (TPSA) is 83.0 Å². The lowest BCUT2D eigenvalue weighted by Gasteiger charge is -2.08. The van der Waals surface area contributed by atoms with Crippen molar-refractivity contribution >= 4 is 29.2 Å². The first-order valence-electron chi connectivity index (χ1n) is 6.70. The van der Waals surface area contributed by atoms with E-state index in [1.807, 2.05) is 23.6 Å². The van der Waals surface area contributed by atoms with Crippen LogP contribution in [0, 0.1) is 15.3 Å². The Morgan fingerprint density at radius 1 is 1.17 bits per heavy atom. The first-order valence-corrected chi connectivity index (χ1v) is 7.58. The molecule has 6 nitrogen and oxygen atoms in total. The lowest BCUT2D eigenvalue weighted by molar-refractivity contribution is -0.598. The molecule has 0 unspecified atom stereocenters. The third-order valence-corrected chi connectivity index (χ3v) is 3.98. The molecule has 0 amide bonds. The third kappa shape index (κ3) is 3.24. The summed E-state index contributed by atoms with van der Waals surface area (Å²) in [6, 6.07) is 11.3. The molecule has 0 atom stereocenters. The highest BCUT2D eigenvalue weighted by molar-refractivity contribution is 7.10. The van der Waals surface area contributed by atoms with Gasteiger partial charge in [0.25, 0.3) is 5.69 Å². The zero-order valence-corrected chi connectivity index (χ0v) is 12.6. The molecule has 2 aromatic heterocycles. The number of hydrogen-bond acceptors (Lipinski definition) is 5. The van der Waals surface area contributed by atoms with Crippen molar-refractivity contribution in [2.75, 3.05) is 0 Å². The van der Waals surface area contributed by atoms with Gasteiger partial charge < -0.3 is 5.21 Å². The van der Waals surface area contributed by atoms with Gasteiger partial charge in [-0.2, -0.15) is 0 Å². The van der Waals surface area contributed by atoms with Crippen LogP contribution in [0.2, 0.25) is 0 Å². The van der Waals surface area contributed by atoms with E-state index in [0.717, 1.165) is 4.88 Å². The smallest absolute Gasteiger partial charge is 0.333 e. The number of non-ortho nitro benzene ring substituents is 1. The second-order valence-electron chi connectivity index (χ2n) is 4.64. The second-order valence-corrected chi connectivity index (χ2v) is 5.62. The van der Waals surface area contributed by atoms with E-state index in [1.54, 1.807) is 29.5 Å². The van der Waals surface area contributed by atoms with Crippen LogP contribution in [0.4, 0.5) is 5.69 Å². The number of rotatable bonds is 4. The number of aromatic nitrogens is 2. The van der Waals surface area contributed by atoms with Crippen molar-refractivity contribution in [1.29, 1.82) is 0 Å². The summed E-state index contributed by atoms with van der Waals surface area (Å²) in [5.74, 6) is 0.127. The van der Waals surface area contributed by atoms with E-state index in [9.17, 15) is 15.3 Å². The predicted octanol–water partition coefficient (Wildman–Crippen LogP) is 3.52. The highest BCUT2D eigenvalue weighted by atomic mass is 32.1. The summed E-state index contributed by atoms with van der Waals surface area (Å²) < 4.78 is 0.670. The number of nitro groups is 1. The van der Waals surface area contributed by atoms with Crippen LogP contribution in [0.15, 0.2) is 54.0 Å². The van der Waals surface area contributed by atoms with Gasteiger partial charge in [0.05, 0.1) is 10.5 Å². The third-order valence-electron chi connectivity index (χ3n) is 3.15. The Morgan fingerprint density at radius 2 is 2.04 bits per heavy atom. The average molecular weight is 325 g/mol. The minimum absolute atomic E-state index is 0.0798. The van der Waals surface area contributed by atoms with Gasteiger partial charge in [-0.1, -0.05) is 12.1 Å². The molecular formula is C16H11N3O3S. The molecule has 114 valence electrons. The standard InChI is InChI=1S/C16H11N3O3S/c20-18-13(6-7-15-5-2-10-23-15)8-9-17-16(18)12-3-1-4-14(11-12)19(21)22/h1-11H/b7-6+. The number of hydrogen-bond donors (Lipinski definition) is 0. The molecule has 0 bridgehead atoms. The normalized spacial score (nSPS) is 11.0. The largest absolute Gasteiger partial charge is 0.710 e. The summed E-state index contributed by atoms with van der Waals surface area (Å²) in [6.45, 7) is 0. The molecule has 0 aliphatic heterocycles. The Hall–Kier alpha value is -3.06. The van der Waals surface area contributed by atoms with Crippen LogP contribution < -0.4 is 4.73 Å². The van der Waals surface area contributed by atoms with Crippen LogP contribution in [0.5, 0.6) is 0 Å². The summed E-state index contributed by atoms with van der Waals surface area (Å²) >= 11 is 1.57. The highest BCUT2D eigenvalue weighted by Gasteiger charge is 2.16. The van der Waals surface area contributed by atoms with E-state index in [0.29, 0.717) is 16.0 Å². The number of thiophene rings is 1. The Bertz CT molecular complexity index is 876. The molecule has 0 spiro atoms. The fourth-order valence-corrected chi connectivity index (χ4v) is 2.67. The first-order chi connectivity index (χ1) is 11.1. The van der Waals surface area contributed by atoms with Crippen molar-refractivity contribution in [2.45, 2.75) is 0 Å². The van der Waals surface area contributed by atoms with E-state index >= 15 is 0 Å². The molecule has 0 saturated carbocycles. The summed E-state index contributed by atoms with van der Waals surface area (Å²) in [6.07, 6.45) is 5.05. The molecule has 2 heterocycles. The van der Waals surface area contributed by atoms with Gasteiger partial charge in [0, 0.05) is 23.1 Å². The van der Waals surface area contributed by atoms with Gasteiger partial charge in [0.15, 0.2) is 0 Å². The Balaban J connectivity index is 2.00. The van der Waals surface area contributed by atoms with Crippen LogP contribution in [-0.4, -0.2) is 9.91 Å². The van der Waals surface area contributed by atoms with E-state index in [4.69, 9.17) is 0 Å². The van der Waals surface area contributed by atoms with Gasteiger partial charge in [-0.25, -0.2) is 4.73 Å². The van der Waals surface area contributed by atoms with Crippen molar-refractivity contribution in [3.63, 3.8) is 0 Å². The molecular weight excluding hydrogens is 314 g/mol. The lowest BCUT2D eigenvalue weighted by atomic mass is 10.2. The summed E-state index contributed by atoms with van der Waals surface area (Å²) in [4.78, 5) is 15.4. The maximum atomic E-state index is 12.4. The van der Waals surface area contributed by atoms with Crippen molar-refractivity contribution in [2.24, 2.45) is 0 Å². The SMILES string of the molecule is O=[N+]([O-])c1cccc(-c2nccc(/C=C/c3cccs3)[n+]2[O-])c1. The molecule has 0 N–H and O–H groups in total. The van der Waals surface area contributed by atoms with Crippen molar-refractivity contribution in [3.05, 3.63) is 79.9 Å². The van der Waals surface area contributed by atoms with E-state index < -0.39 is 4.92 Å². The summed E-state index contributed by atoms with van der Waals surface area (Å²) in [5.41, 5.74) is 0.735. The average Bonchev–Trinajstić information content (AvgIpc) is 3.07. The molecule has 7 heteroatoms. The van der Waals surface area contributed by atoms with E-state index in [1.165, 1.54) is 24.4 Å². The van der Waals surface area contributed by atoms with Gasteiger partial charge in [0.2, 0.25) is 0 Å². The first kappa shape index (κ1) is 14.9. The van der Waals surface area contributed by atoms with Crippen molar-refractivity contribution in [3.8, 4) is 11.4 Å². The zero-order valence-electron chi connectivity index (χ0n) is 11.8. The van der Waals surface area contributed by atoms with Crippen LogP contribution in [0.25, 0.3) is 23.5 Å². The van der Waals surface area contributed by atoms with Crippen LogP contribution >= 0.6 is 11.3 Å². The number of nitro benzene ring substituents is 1. The zero-order chi connectivity index (χ0) is 16.2. The maximum Gasteiger partial charge on any atom is 0.333 e. The van der Waals surface area contributed by atoms with Gasteiger partial charge >= 0.3 is 5.82 Å². The van der Waals surface area contributed by atoms with Gasteiger partial charge in [-0.3, -0.25) is 10.1 Å². The van der Waals surface area contributed by atoms with E-state index in [2.05, 4.69) is 4.98 Å². The number of nitrogens with zero attached hydrogens (tertiary/aromatic N) is 3.